The topological polar surface area (TPSA) is 70.1 Å². The minimum atomic E-state index is -0.384. The number of thioether (sulfide) groups is 1. The van der Waals surface area contributed by atoms with Gasteiger partial charge in [-0.3, -0.25) is 9.69 Å². The number of anilines is 1. The van der Waals surface area contributed by atoms with Gasteiger partial charge < -0.3 is 5.73 Å². The largest absolute Gasteiger partial charge is 0.384 e. The van der Waals surface area contributed by atoms with E-state index >= 15 is 0 Å². The molecule has 1 aliphatic carbocycles. The van der Waals surface area contributed by atoms with Gasteiger partial charge >= 0.3 is 0 Å². The number of rotatable bonds is 5. The van der Waals surface area contributed by atoms with E-state index in [1.807, 2.05) is 29.2 Å². The van der Waals surface area contributed by atoms with E-state index in [4.69, 9.17) is 5.73 Å². The van der Waals surface area contributed by atoms with Crippen LogP contribution >= 0.6 is 39.0 Å². The van der Waals surface area contributed by atoms with Crippen LogP contribution in [0.2, 0.25) is 0 Å². The Bertz CT molecular complexity index is 1120. The quantitative estimate of drug-likeness (QED) is 0.462. The van der Waals surface area contributed by atoms with Crippen molar-refractivity contribution in [1.82, 2.24) is 0 Å². The third-order valence-electron chi connectivity index (χ3n) is 5.71. The van der Waals surface area contributed by atoms with E-state index in [0.29, 0.717) is 17.8 Å². The van der Waals surface area contributed by atoms with Crippen molar-refractivity contribution in [2.45, 2.75) is 49.7 Å². The number of Topliss-reactive ketones (excluding diaryl/α,β-unsaturated/α-hetero) is 1. The molecule has 7 heteroatoms. The first-order chi connectivity index (χ1) is 15.0. The van der Waals surface area contributed by atoms with Crippen LogP contribution in [-0.4, -0.2) is 11.5 Å². The summed E-state index contributed by atoms with van der Waals surface area (Å²) in [5, 5.41) is 10.2. The summed E-state index contributed by atoms with van der Waals surface area (Å²) in [7, 11) is 0. The van der Waals surface area contributed by atoms with E-state index in [-0.39, 0.29) is 11.7 Å². The molecule has 1 aromatic heterocycles. The lowest BCUT2D eigenvalue weighted by Gasteiger charge is -2.39. The van der Waals surface area contributed by atoms with Crippen molar-refractivity contribution >= 4 is 50.5 Å². The SMILES string of the molecule is CCSc1sc(CC)cc1[C@@H]1C(C#N)=C(N)N(c2ccc(Br)cc2)C2=C1C(=O)CCC2. The Labute approximate surface area is 199 Å². The van der Waals surface area contributed by atoms with E-state index in [0.717, 1.165) is 52.0 Å². The Morgan fingerprint density at radius 2 is 2.03 bits per heavy atom. The number of hydrogen-bond donors (Lipinski definition) is 1. The van der Waals surface area contributed by atoms with E-state index in [1.54, 1.807) is 23.1 Å². The number of thiophene rings is 1. The molecular formula is C24H24BrN3OS2. The van der Waals surface area contributed by atoms with Gasteiger partial charge in [-0.05, 0) is 60.9 Å². The molecule has 4 nitrogen and oxygen atoms in total. The highest BCUT2D eigenvalue weighted by Gasteiger charge is 2.41. The van der Waals surface area contributed by atoms with E-state index in [9.17, 15) is 10.1 Å². The smallest absolute Gasteiger partial charge is 0.161 e. The van der Waals surface area contributed by atoms with Gasteiger partial charge in [0.1, 0.15) is 5.82 Å². The first-order valence-corrected chi connectivity index (χ1v) is 13.1. The Balaban J connectivity index is 1.96. The fourth-order valence-corrected chi connectivity index (χ4v) is 6.98. The average Bonchev–Trinajstić information content (AvgIpc) is 3.17. The van der Waals surface area contributed by atoms with Crippen molar-refractivity contribution in [2.75, 3.05) is 10.7 Å². The summed E-state index contributed by atoms with van der Waals surface area (Å²) in [6.45, 7) is 4.26. The van der Waals surface area contributed by atoms with Gasteiger partial charge in [0.2, 0.25) is 0 Å². The van der Waals surface area contributed by atoms with Crippen molar-refractivity contribution in [3.05, 3.63) is 67.9 Å². The maximum absolute atomic E-state index is 13.3. The second-order valence-corrected chi connectivity index (χ2v) is 11.1. The number of halogens is 1. The summed E-state index contributed by atoms with van der Waals surface area (Å²) < 4.78 is 2.15. The second kappa shape index (κ2) is 9.23. The minimum Gasteiger partial charge on any atom is -0.384 e. The Kier molecular flexibility index (Phi) is 6.61. The zero-order valence-corrected chi connectivity index (χ0v) is 20.8. The number of allylic oxidation sites excluding steroid dienone is 3. The highest BCUT2D eigenvalue weighted by atomic mass is 79.9. The standard InChI is InChI=1S/C24H24BrN3OS2/c1-3-16-12-17(24(31-16)30-4-2)21-18(13-26)23(27)28(15-10-8-14(25)9-11-15)19-6-5-7-20(29)22(19)21/h8-12,21H,3-7,27H2,1-2H3/t21-/m1/s1. The first-order valence-electron chi connectivity index (χ1n) is 10.5. The predicted molar refractivity (Wildman–Crippen MR) is 132 cm³/mol. The normalized spacial score (nSPS) is 19.0. The molecule has 2 aliphatic rings. The van der Waals surface area contributed by atoms with Crippen LogP contribution in [0.4, 0.5) is 5.69 Å². The molecule has 2 N–H and O–H groups in total. The lowest BCUT2D eigenvalue weighted by Crippen LogP contribution is -2.38. The number of nitrogens with zero attached hydrogens (tertiary/aromatic N) is 2. The third kappa shape index (κ3) is 3.97. The van der Waals surface area contributed by atoms with Gasteiger partial charge in [0.05, 0.1) is 21.8 Å². The van der Waals surface area contributed by atoms with Crippen LogP contribution in [0.15, 0.2) is 61.7 Å². The van der Waals surface area contributed by atoms with Crippen molar-refractivity contribution < 1.29 is 4.79 Å². The van der Waals surface area contributed by atoms with Gasteiger partial charge in [0.25, 0.3) is 0 Å². The summed E-state index contributed by atoms with van der Waals surface area (Å²) in [4.78, 5) is 16.5. The average molecular weight is 515 g/mol. The number of carbonyl (C=O) groups is 1. The molecule has 1 aliphatic heterocycles. The fourth-order valence-electron chi connectivity index (χ4n) is 4.34. The maximum atomic E-state index is 13.3. The van der Waals surface area contributed by atoms with Gasteiger partial charge in [-0.25, -0.2) is 0 Å². The molecule has 0 spiro atoms. The summed E-state index contributed by atoms with van der Waals surface area (Å²) in [6, 6.07) is 12.4. The first kappa shape index (κ1) is 22.2. The van der Waals surface area contributed by atoms with Gasteiger partial charge in [-0.15, -0.1) is 23.1 Å². The summed E-state index contributed by atoms with van der Waals surface area (Å²) >= 11 is 7.03. The van der Waals surface area contributed by atoms with Crippen LogP contribution in [0.5, 0.6) is 0 Å². The number of nitriles is 1. The van der Waals surface area contributed by atoms with Crippen LogP contribution in [0.25, 0.3) is 0 Å². The van der Waals surface area contributed by atoms with Crippen molar-refractivity contribution in [2.24, 2.45) is 5.73 Å². The molecule has 160 valence electrons. The number of aryl methyl sites for hydroxylation is 1. The van der Waals surface area contributed by atoms with Gasteiger partial charge in [-0.1, -0.05) is 29.8 Å². The van der Waals surface area contributed by atoms with Crippen molar-refractivity contribution in [3.8, 4) is 6.07 Å². The lowest BCUT2D eigenvalue weighted by molar-refractivity contribution is -0.116. The molecule has 0 saturated heterocycles. The molecule has 1 atom stereocenters. The predicted octanol–water partition coefficient (Wildman–Crippen LogP) is 6.49. The summed E-state index contributed by atoms with van der Waals surface area (Å²) in [5.74, 6) is 1.12. The number of benzene rings is 1. The molecule has 0 radical (unpaired) electrons. The van der Waals surface area contributed by atoms with Crippen molar-refractivity contribution in [3.63, 3.8) is 0 Å². The number of ketones is 1. The lowest BCUT2D eigenvalue weighted by atomic mass is 9.76. The highest BCUT2D eigenvalue weighted by molar-refractivity contribution is 9.10. The Morgan fingerprint density at radius 3 is 2.68 bits per heavy atom. The van der Waals surface area contributed by atoms with Crippen LogP contribution in [-0.2, 0) is 11.2 Å². The monoisotopic (exact) mass is 513 g/mol. The van der Waals surface area contributed by atoms with Gasteiger partial charge in [-0.2, -0.15) is 5.26 Å². The number of hydrogen-bond acceptors (Lipinski definition) is 6. The van der Waals surface area contributed by atoms with Crippen LogP contribution in [0, 0.1) is 11.3 Å². The summed E-state index contributed by atoms with van der Waals surface area (Å²) in [5.41, 5.74) is 10.8. The second-order valence-electron chi connectivity index (χ2n) is 7.53. The molecule has 0 saturated carbocycles. The van der Waals surface area contributed by atoms with Gasteiger partial charge in [0.15, 0.2) is 5.78 Å². The molecule has 0 unspecified atom stereocenters. The van der Waals surface area contributed by atoms with Gasteiger partial charge in [0, 0.05) is 32.7 Å². The highest BCUT2D eigenvalue weighted by Crippen LogP contribution is 2.50. The maximum Gasteiger partial charge on any atom is 0.161 e. The zero-order chi connectivity index (χ0) is 22.1. The minimum absolute atomic E-state index is 0.130. The van der Waals surface area contributed by atoms with E-state index in [2.05, 4.69) is 41.9 Å². The summed E-state index contributed by atoms with van der Waals surface area (Å²) in [6.07, 6.45) is 3.02. The molecular weight excluding hydrogens is 490 g/mol. The van der Waals surface area contributed by atoms with Crippen LogP contribution in [0.3, 0.4) is 0 Å². The van der Waals surface area contributed by atoms with E-state index < -0.39 is 0 Å². The Hall–Kier alpha value is -2.01. The molecule has 2 heterocycles. The molecule has 31 heavy (non-hydrogen) atoms. The third-order valence-corrected chi connectivity index (χ3v) is 8.72. The molecule has 0 fully saturated rings. The number of carbonyl (C=O) groups excluding carboxylic acids is 1. The van der Waals surface area contributed by atoms with Crippen LogP contribution in [0.1, 0.15) is 49.5 Å². The molecule has 2 aromatic rings. The molecule has 0 bridgehead atoms. The molecule has 1 aromatic carbocycles. The fraction of sp³-hybridized carbons (Fsp3) is 0.333. The Morgan fingerprint density at radius 1 is 1.29 bits per heavy atom. The van der Waals surface area contributed by atoms with Crippen LogP contribution < -0.4 is 10.6 Å². The van der Waals surface area contributed by atoms with E-state index in [1.165, 1.54) is 9.09 Å². The van der Waals surface area contributed by atoms with Crippen molar-refractivity contribution in [1.29, 1.82) is 5.26 Å². The molecule has 4 rings (SSSR count). The number of nitrogens with two attached hydrogens (primary N) is 1. The molecule has 0 amide bonds. The zero-order valence-electron chi connectivity index (χ0n) is 17.6.